The van der Waals surface area contributed by atoms with Crippen molar-refractivity contribution in [3.8, 4) is 0 Å². The third-order valence-electron chi connectivity index (χ3n) is 3.95. The average molecular weight is 184 g/mol. The third-order valence-corrected chi connectivity index (χ3v) is 3.95. The standard InChI is InChI=1S/C10H16O3/c1-8(2,12)10-4-9(5-10,6-10)7(11)13-3/h12H,4-6H2,1-3H3. The molecule has 0 aliphatic heterocycles. The highest BCUT2D eigenvalue weighted by molar-refractivity contribution is 5.81. The first-order valence-corrected chi connectivity index (χ1v) is 4.66. The Morgan fingerprint density at radius 2 is 1.85 bits per heavy atom. The minimum atomic E-state index is -0.650. The Bertz CT molecular complexity index is 242. The van der Waals surface area contributed by atoms with Gasteiger partial charge in [-0.2, -0.15) is 0 Å². The van der Waals surface area contributed by atoms with Crippen molar-refractivity contribution < 1.29 is 14.6 Å². The molecule has 0 heterocycles. The third kappa shape index (κ3) is 0.857. The second-order valence-corrected chi connectivity index (χ2v) is 5.14. The van der Waals surface area contributed by atoms with Crippen LogP contribution in [0.15, 0.2) is 0 Å². The first-order valence-electron chi connectivity index (χ1n) is 4.66. The molecule has 0 atom stereocenters. The van der Waals surface area contributed by atoms with Crippen molar-refractivity contribution in [1.82, 2.24) is 0 Å². The molecule has 0 aromatic rings. The normalized spacial score (nSPS) is 41.8. The molecule has 3 aliphatic rings. The SMILES string of the molecule is COC(=O)C12CC(C(C)(C)O)(C1)C2. The van der Waals surface area contributed by atoms with Gasteiger partial charge in [-0.3, -0.25) is 4.79 Å². The maximum Gasteiger partial charge on any atom is 0.311 e. The first kappa shape index (κ1) is 9.00. The lowest BCUT2D eigenvalue weighted by Crippen LogP contribution is -2.72. The van der Waals surface area contributed by atoms with Crippen LogP contribution < -0.4 is 0 Å². The second kappa shape index (κ2) is 2.08. The van der Waals surface area contributed by atoms with Gasteiger partial charge < -0.3 is 9.84 Å². The predicted molar refractivity (Wildman–Crippen MR) is 47.0 cm³/mol. The van der Waals surface area contributed by atoms with Crippen LogP contribution in [0.5, 0.6) is 0 Å². The molecule has 3 heteroatoms. The summed E-state index contributed by atoms with van der Waals surface area (Å²) in [6, 6.07) is 0. The van der Waals surface area contributed by atoms with E-state index in [1.54, 1.807) is 0 Å². The van der Waals surface area contributed by atoms with E-state index in [1.165, 1.54) is 7.11 Å². The van der Waals surface area contributed by atoms with Gasteiger partial charge in [-0.25, -0.2) is 0 Å². The van der Waals surface area contributed by atoms with Gasteiger partial charge in [-0.1, -0.05) is 0 Å². The number of hydrogen-bond donors (Lipinski definition) is 1. The molecular weight excluding hydrogens is 168 g/mol. The van der Waals surface area contributed by atoms with Gasteiger partial charge in [0.25, 0.3) is 0 Å². The van der Waals surface area contributed by atoms with Crippen LogP contribution in [0.3, 0.4) is 0 Å². The summed E-state index contributed by atoms with van der Waals surface area (Å²) in [6.45, 7) is 3.65. The van der Waals surface area contributed by atoms with Crippen molar-refractivity contribution in [1.29, 1.82) is 0 Å². The van der Waals surface area contributed by atoms with Crippen LogP contribution in [0.2, 0.25) is 0 Å². The summed E-state index contributed by atoms with van der Waals surface area (Å²) >= 11 is 0. The van der Waals surface area contributed by atoms with Crippen LogP contribution >= 0.6 is 0 Å². The second-order valence-electron chi connectivity index (χ2n) is 5.14. The highest BCUT2D eigenvalue weighted by Gasteiger charge is 2.76. The van der Waals surface area contributed by atoms with E-state index in [2.05, 4.69) is 0 Å². The van der Waals surface area contributed by atoms with E-state index in [1.807, 2.05) is 13.8 Å². The molecule has 74 valence electrons. The van der Waals surface area contributed by atoms with Crippen LogP contribution in [0, 0.1) is 10.8 Å². The van der Waals surface area contributed by atoms with E-state index >= 15 is 0 Å². The molecule has 0 saturated heterocycles. The van der Waals surface area contributed by atoms with Gasteiger partial charge in [-0.05, 0) is 33.1 Å². The number of carbonyl (C=O) groups is 1. The summed E-state index contributed by atoms with van der Waals surface area (Å²) in [5, 5.41) is 9.85. The lowest BCUT2D eigenvalue weighted by atomic mass is 9.31. The van der Waals surface area contributed by atoms with Crippen molar-refractivity contribution in [3.63, 3.8) is 0 Å². The number of methoxy groups -OCH3 is 1. The Hall–Kier alpha value is -0.570. The number of rotatable bonds is 2. The zero-order chi connectivity index (χ0) is 9.91. The molecule has 0 spiro atoms. The lowest BCUT2D eigenvalue weighted by molar-refractivity contribution is -0.283. The summed E-state index contributed by atoms with van der Waals surface area (Å²) in [5.41, 5.74) is -0.876. The van der Waals surface area contributed by atoms with E-state index < -0.39 is 5.60 Å². The monoisotopic (exact) mass is 184 g/mol. The molecule has 1 N–H and O–H groups in total. The van der Waals surface area contributed by atoms with Crippen molar-refractivity contribution in [3.05, 3.63) is 0 Å². The van der Waals surface area contributed by atoms with Gasteiger partial charge in [0.05, 0.1) is 18.1 Å². The molecule has 0 aromatic heterocycles. The van der Waals surface area contributed by atoms with Crippen molar-refractivity contribution in [2.24, 2.45) is 10.8 Å². The largest absolute Gasteiger partial charge is 0.469 e. The molecular formula is C10H16O3. The van der Waals surface area contributed by atoms with E-state index in [-0.39, 0.29) is 16.8 Å². The van der Waals surface area contributed by atoms with E-state index in [9.17, 15) is 9.90 Å². The van der Waals surface area contributed by atoms with Crippen LogP contribution in [0.1, 0.15) is 33.1 Å². The minimum Gasteiger partial charge on any atom is -0.469 e. The Kier molecular flexibility index (Phi) is 1.44. The fraction of sp³-hybridized carbons (Fsp3) is 0.900. The molecule has 3 aliphatic carbocycles. The van der Waals surface area contributed by atoms with Crippen molar-refractivity contribution >= 4 is 5.97 Å². The quantitative estimate of drug-likeness (QED) is 0.654. The molecule has 13 heavy (non-hydrogen) atoms. The smallest absolute Gasteiger partial charge is 0.311 e. The fourth-order valence-electron chi connectivity index (χ4n) is 2.87. The molecule has 0 amide bonds. The summed E-state index contributed by atoms with van der Waals surface area (Å²) in [6.07, 6.45) is 2.41. The van der Waals surface area contributed by atoms with Crippen LogP contribution in [-0.2, 0) is 9.53 Å². The number of hydrogen-bond acceptors (Lipinski definition) is 3. The predicted octanol–water partition coefficient (Wildman–Crippen LogP) is 1.10. The molecule has 3 fully saturated rings. The van der Waals surface area contributed by atoms with Crippen molar-refractivity contribution in [2.45, 2.75) is 38.7 Å². The lowest BCUT2D eigenvalue weighted by Gasteiger charge is -2.72. The van der Waals surface area contributed by atoms with Gasteiger partial charge in [0.2, 0.25) is 0 Å². The highest BCUT2D eigenvalue weighted by Crippen LogP contribution is 2.77. The fourth-order valence-corrected chi connectivity index (χ4v) is 2.87. The maximum absolute atomic E-state index is 11.3. The Morgan fingerprint density at radius 1 is 1.38 bits per heavy atom. The van der Waals surface area contributed by atoms with Crippen molar-refractivity contribution in [2.75, 3.05) is 7.11 Å². The summed E-state index contributed by atoms with van der Waals surface area (Å²) in [5.74, 6) is -0.0985. The average Bonchev–Trinajstić information content (AvgIpc) is 1.77. The number of carbonyl (C=O) groups excluding carboxylic acids is 1. The van der Waals surface area contributed by atoms with E-state index in [0.29, 0.717) is 0 Å². The Balaban J connectivity index is 2.04. The highest BCUT2D eigenvalue weighted by atomic mass is 16.5. The summed E-state index contributed by atoms with van der Waals surface area (Å²) < 4.78 is 4.73. The summed E-state index contributed by atoms with van der Waals surface area (Å²) in [7, 11) is 1.43. The van der Waals surface area contributed by atoms with Gasteiger partial charge in [0.15, 0.2) is 0 Å². The molecule has 3 nitrogen and oxygen atoms in total. The van der Waals surface area contributed by atoms with Crippen LogP contribution in [0.25, 0.3) is 0 Å². The molecule has 0 aromatic carbocycles. The summed E-state index contributed by atoms with van der Waals surface area (Å²) in [4.78, 5) is 11.3. The zero-order valence-electron chi connectivity index (χ0n) is 8.39. The molecule has 3 rings (SSSR count). The van der Waals surface area contributed by atoms with Gasteiger partial charge in [-0.15, -0.1) is 0 Å². The van der Waals surface area contributed by atoms with Crippen LogP contribution in [-0.4, -0.2) is 23.8 Å². The number of ether oxygens (including phenoxy) is 1. The topological polar surface area (TPSA) is 46.5 Å². The minimum absolute atomic E-state index is 0.00118. The van der Waals surface area contributed by atoms with E-state index in [0.717, 1.165) is 19.3 Å². The van der Waals surface area contributed by atoms with Gasteiger partial charge in [0, 0.05) is 5.41 Å². The maximum atomic E-state index is 11.3. The zero-order valence-corrected chi connectivity index (χ0v) is 8.39. The Labute approximate surface area is 78.1 Å². The molecule has 0 unspecified atom stereocenters. The molecule has 2 bridgehead atoms. The Morgan fingerprint density at radius 3 is 2.15 bits per heavy atom. The van der Waals surface area contributed by atoms with Gasteiger partial charge >= 0.3 is 5.97 Å². The first-order chi connectivity index (χ1) is 5.85. The number of esters is 1. The molecule has 3 saturated carbocycles. The number of aliphatic hydroxyl groups is 1. The van der Waals surface area contributed by atoms with Gasteiger partial charge in [0.1, 0.15) is 0 Å². The van der Waals surface area contributed by atoms with Crippen LogP contribution in [0.4, 0.5) is 0 Å². The van der Waals surface area contributed by atoms with E-state index in [4.69, 9.17) is 4.74 Å². The molecule has 0 radical (unpaired) electrons.